The molecule has 0 amide bonds. The number of aliphatic hydroxyl groups is 1. The lowest BCUT2D eigenvalue weighted by atomic mass is 10.2. The zero-order valence-corrected chi connectivity index (χ0v) is 6.69. The van der Waals surface area contributed by atoms with Crippen LogP contribution in [0.25, 0.3) is 0 Å². The minimum Gasteiger partial charge on any atom is -0.394 e. The van der Waals surface area contributed by atoms with Gasteiger partial charge in [-0.1, -0.05) is 6.08 Å². The van der Waals surface area contributed by atoms with Gasteiger partial charge < -0.3 is 14.6 Å². The van der Waals surface area contributed by atoms with E-state index in [1.807, 2.05) is 19.1 Å². The Morgan fingerprint density at radius 3 is 3.18 bits per heavy atom. The number of rotatable bonds is 3. The summed E-state index contributed by atoms with van der Waals surface area (Å²) in [7, 11) is 0. The maximum Gasteiger partial charge on any atom is 0.177 e. The van der Waals surface area contributed by atoms with Gasteiger partial charge in [0.15, 0.2) is 6.29 Å². The van der Waals surface area contributed by atoms with Gasteiger partial charge in [-0.25, -0.2) is 0 Å². The van der Waals surface area contributed by atoms with E-state index in [0.29, 0.717) is 6.61 Å². The van der Waals surface area contributed by atoms with Crippen molar-refractivity contribution >= 4 is 0 Å². The molecule has 1 N–H and O–H groups in total. The maximum atomic E-state index is 8.76. The molecule has 0 saturated heterocycles. The summed E-state index contributed by atoms with van der Waals surface area (Å²) in [5.41, 5.74) is 0. The van der Waals surface area contributed by atoms with E-state index in [2.05, 4.69) is 0 Å². The largest absolute Gasteiger partial charge is 0.394 e. The van der Waals surface area contributed by atoms with Gasteiger partial charge in [0, 0.05) is 6.61 Å². The topological polar surface area (TPSA) is 38.7 Å². The van der Waals surface area contributed by atoms with Gasteiger partial charge in [0.05, 0.1) is 12.7 Å². The van der Waals surface area contributed by atoms with Crippen LogP contribution in [-0.2, 0) is 9.47 Å². The third kappa shape index (κ3) is 2.61. The molecule has 3 heteroatoms. The van der Waals surface area contributed by atoms with E-state index in [-0.39, 0.29) is 19.0 Å². The summed E-state index contributed by atoms with van der Waals surface area (Å²) < 4.78 is 10.5. The molecular weight excluding hydrogens is 144 g/mol. The average Bonchev–Trinajstić information content (AvgIpc) is 2.06. The van der Waals surface area contributed by atoms with Crippen LogP contribution in [-0.4, -0.2) is 30.7 Å². The highest BCUT2D eigenvalue weighted by Gasteiger charge is 2.16. The van der Waals surface area contributed by atoms with Gasteiger partial charge in [0.1, 0.15) is 0 Å². The third-order valence-electron chi connectivity index (χ3n) is 1.55. The van der Waals surface area contributed by atoms with E-state index in [9.17, 15) is 0 Å². The van der Waals surface area contributed by atoms with E-state index >= 15 is 0 Å². The van der Waals surface area contributed by atoms with Gasteiger partial charge in [0.2, 0.25) is 0 Å². The average molecular weight is 158 g/mol. The minimum absolute atomic E-state index is 0.0634. The molecule has 0 aliphatic carbocycles. The van der Waals surface area contributed by atoms with Crippen LogP contribution in [0.1, 0.15) is 13.3 Å². The quantitative estimate of drug-likeness (QED) is 0.614. The molecule has 0 spiro atoms. The lowest BCUT2D eigenvalue weighted by molar-refractivity contribution is -0.154. The van der Waals surface area contributed by atoms with Gasteiger partial charge in [-0.05, 0) is 19.4 Å². The molecule has 1 aliphatic heterocycles. The van der Waals surface area contributed by atoms with Crippen LogP contribution in [0.3, 0.4) is 0 Å². The predicted molar refractivity (Wildman–Crippen MR) is 41.1 cm³/mol. The zero-order valence-electron chi connectivity index (χ0n) is 6.69. The molecule has 2 atom stereocenters. The maximum absolute atomic E-state index is 8.76. The Bertz CT molecular complexity index is 133. The van der Waals surface area contributed by atoms with Crippen molar-refractivity contribution in [2.24, 2.45) is 0 Å². The highest BCUT2D eigenvalue weighted by atomic mass is 16.7. The highest BCUT2D eigenvalue weighted by molar-refractivity contribution is 4.92. The van der Waals surface area contributed by atoms with E-state index in [1.54, 1.807) is 0 Å². The summed E-state index contributed by atoms with van der Waals surface area (Å²) in [5, 5.41) is 8.76. The summed E-state index contributed by atoms with van der Waals surface area (Å²) in [4.78, 5) is 0. The number of ether oxygens (including phenoxy) is 2. The van der Waals surface area contributed by atoms with Crippen molar-refractivity contribution < 1.29 is 14.6 Å². The van der Waals surface area contributed by atoms with Gasteiger partial charge >= 0.3 is 0 Å². The fraction of sp³-hybridized carbons (Fsp3) is 0.750. The van der Waals surface area contributed by atoms with E-state index in [1.165, 1.54) is 0 Å². The summed E-state index contributed by atoms with van der Waals surface area (Å²) in [6.07, 6.45) is 4.28. The molecule has 0 aromatic rings. The normalized spacial score (nSPS) is 30.7. The van der Waals surface area contributed by atoms with Crippen LogP contribution >= 0.6 is 0 Å². The minimum atomic E-state index is -0.258. The zero-order chi connectivity index (χ0) is 8.10. The van der Waals surface area contributed by atoms with Crippen LogP contribution in [0.5, 0.6) is 0 Å². The van der Waals surface area contributed by atoms with Crippen molar-refractivity contribution in [3.8, 4) is 0 Å². The fourth-order valence-electron chi connectivity index (χ4n) is 1.01. The third-order valence-corrected chi connectivity index (χ3v) is 1.55. The highest BCUT2D eigenvalue weighted by Crippen LogP contribution is 2.12. The SMILES string of the molecule is CCOC1C=CC[C@H](CO)O1. The Morgan fingerprint density at radius 1 is 1.73 bits per heavy atom. The first-order chi connectivity index (χ1) is 5.36. The van der Waals surface area contributed by atoms with Crippen molar-refractivity contribution in [3.63, 3.8) is 0 Å². The number of hydrogen-bond acceptors (Lipinski definition) is 3. The lowest BCUT2D eigenvalue weighted by Crippen LogP contribution is -2.28. The molecular formula is C8H14O3. The van der Waals surface area contributed by atoms with E-state index < -0.39 is 0 Å². The second-order valence-corrected chi connectivity index (χ2v) is 2.43. The molecule has 64 valence electrons. The molecule has 0 radical (unpaired) electrons. The van der Waals surface area contributed by atoms with Crippen molar-refractivity contribution in [1.29, 1.82) is 0 Å². The molecule has 11 heavy (non-hydrogen) atoms. The predicted octanol–water partition coefficient (Wildman–Crippen LogP) is 0.686. The van der Waals surface area contributed by atoms with E-state index in [4.69, 9.17) is 14.6 Å². The Hall–Kier alpha value is -0.380. The second kappa shape index (κ2) is 4.49. The van der Waals surface area contributed by atoms with Crippen LogP contribution in [0.2, 0.25) is 0 Å². The van der Waals surface area contributed by atoms with Gasteiger partial charge in [0.25, 0.3) is 0 Å². The monoisotopic (exact) mass is 158 g/mol. The molecule has 1 unspecified atom stereocenters. The first-order valence-corrected chi connectivity index (χ1v) is 3.91. The van der Waals surface area contributed by atoms with Crippen molar-refractivity contribution in [2.45, 2.75) is 25.7 Å². The van der Waals surface area contributed by atoms with Crippen molar-refractivity contribution in [3.05, 3.63) is 12.2 Å². The molecule has 0 fully saturated rings. The van der Waals surface area contributed by atoms with Gasteiger partial charge in [-0.15, -0.1) is 0 Å². The van der Waals surface area contributed by atoms with Crippen LogP contribution in [0.4, 0.5) is 0 Å². The fourth-order valence-corrected chi connectivity index (χ4v) is 1.01. The second-order valence-electron chi connectivity index (χ2n) is 2.43. The number of hydrogen-bond donors (Lipinski definition) is 1. The molecule has 1 aliphatic rings. The lowest BCUT2D eigenvalue weighted by Gasteiger charge is -2.23. The molecule has 3 nitrogen and oxygen atoms in total. The standard InChI is InChI=1S/C8H14O3/c1-2-10-8-5-3-4-7(6-9)11-8/h3,5,7-9H,2,4,6H2,1H3/t7-,8?/m1/s1. The Kier molecular flexibility index (Phi) is 3.56. The molecule has 0 aromatic heterocycles. The Balaban J connectivity index is 2.33. The Labute approximate surface area is 66.6 Å². The van der Waals surface area contributed by atoms with Crippen LogP contribution in [0.15, 0.2) is 12.2 Å². The molecule has 1 rings (SSSR count). The Morgan fingerprint density at radius 2 is 2.55 bits per heavy atom. The summed E-state index contributed by atoms with van der Waals surface area (Å²) >= 11 is 0. The first-order valence-electron chi connectivity index (χ1n) is 3.91. The van der Waals surface area contributed by atoms with Crippen molar-refractivity contribution in [2.75, 3.05) is 13.2 Å². The smallest absolute Gasteiger partial charge is 0.177 e. The number of aliphatic hydroxyl groups excluding tert-OH is 1. The van der Waals surface area contributed by atoms with Crippen molar-refractivity contribution in [1.82, 2.24) is 0 Å². The van der Waals surface area contributed by atoms with Gasteiger partial charge in [-0.2, -0.15) is 0 Å². The summed E-state index contributed by atoms with van der Waals surface area (Å²) in [5.74, 6) is 0. The molecule has 0 bridgehead atoms. The molecule has 0 aromatic carbocycles. The molecule has 0 saturated carbocycles. The first kappa shape index (κ1) is 8.71. The summed E-state index contributed by atoms with van der Waals surface area (Å²) in [6.45, 7) is 2.61. The van der Waals surface area contributed by atoms with Crippen LogP contribution < -0.4 is 0 Å². The summed E-state index contributed by atoms with van der Waals surface area (Å²) in [6, 6.07) is 0. The van der Waals surface area contributed by atoms with Crippen LogP contribution in [0, 0.1) is 0 Å². The molecule has 1 heterocycles. The van der Waals surface area contributed by atoms with E-state index in [0.717, 1.165) is 6.42 Å². The van der Waals surface area contributed by atoms with Gasteiger partial charge in [-0.3, -0.25) is 0 Å².